The van der Waals surface area contributed by atoms with E-state index in [1.54, 1.807) is 5.57 Å². The molecule has 48 heavy (non-hydrogen) atoms. The molecule has 0 aliphatic heterocycles. The van der Waals surface area contributed by atoms with E-state index in [-0.39, 0.29) is 51.4 Å². The Hall–Kier alpha value is -1.74. The number of fused-ring (bicyclic) bond motifs is 1. The molecule has 0 N–H and O–H groups in total. The van der Waals surface area contributed by atoms with Crippen LogP contribution in [0.2, 0.25) is 0 Å². The van der Waals surface area contributed by atoms with Crippen LogP contribution in [0.4, 0.5) is 0 Å². The molecule has 2 aromatic rings. The van der Waals surface area contributed by atoms with Crippen LogP contribution in [0.1, 0.15) is 155 Å². The van der Waals surface area contributed by atoms with Gasteiger partial charge in [-0.05, 0) is 92.2 Å². The molecule has 0 nitrogen and oxygen atoms in total. The maximum atomic E-state index is 5.21. The van der Waals surface area contributed by atoms with Gasteiger partial charge in [0.2, 0.25) is 0 Å². The normalized spacial score (nSPS) is 13.5. The molecule has 2 aromatic carbocycles. The minimum Gasteiger partial charge on any atom is -0.515 e. The van der Waals surface area contributed by atoms with Crippen LogP contribution < -0.4 is 51.4 Å². The van der Waals surface area contributed by atoms with E-state index in [9.17, 15) is 0 Å². The molecule has 0 amide bonds. The van der Waals surface area contributed by atoms with Crippen LogP contribution in [0.25, 0.3) is 28.3 Å². The molecule has 0 saturated carbocycles. The Morgan fingerprint density at radius 1 is 0.854 bits per heavy atom. The van der Waals surface area contributed by atoms with Crippen LogP contribution in [0.5, 0.6) is 0 Å². The summed E-state index contributed by atoms with van der Waals surface area (Å²) in [6.07, 6.45) is 31.5. The Balaban J connectivity index is 0.00000178. The second kappa shape index (κ2) is 25.2. The summed E-state index contributed by atoms with van der Waals surface area (Å²) < 4.78 is 0. The van der Waals surface area contributed by atoms with Crippen LogP contribution >= 0.6 is 0 Å². The Labute approximate surface area is 339 Å². The third-order valence-electron chi connectivity index (χ3n) is 8.76. The van der Waals surface area contributed by atoms with E-state index in [2.05, 4.69) is 127 Å². The predicted molar refractivity (Wildman–Crippen MR) is 213 cm³/mol. The van der Waals surface area contributed by atoms with Crippen molar-refractivity contribution in [2.75, 3.05) is 0 Å². The minimum atomic E-state index is 0. The van der Waals surface area contributed by atoms with Gasteiger partial charge in [-0.1, -0.05) is 152 Å². The van der Waals surface area contributed by atoms with Crippen molar-refractivity contribution in [1.82, 2.24) is 0 Å². The zero-order chi connectivity index (χ0) is 34.6. The number of hydrogen-bond acceptors (Lipinski definition) is 0. The van der Waals surface area contributed by atoms with Gasteiger partial charge in [-0.3, -0.25) is 5.57 Å². The Morgan fingerprint density at radius 2 is 1.56 bits per heavy atom. The molecule has 0 radical (unpaired) electrons. The minimum absolute atomic E-state index is 0. The molecule has 254 valence electrons. The van der Waals surface area contributed by atoms with E-state index >= 15 is 0 Å². The number of aryl methyl sites for hydroxylation is 1. The first-order valence-electron chi connectivity index (χ1n) is 18.5. The molecule has 3 rings (SSSR count). The molecule has 1 aliphatic rings. The van der Waals surface area contributed by atoms with Crippen molar-refractivity contribution in [3.05, 3.63) is 124 Å². The van der Waals surface area contributed by atoms with E-state index in [4.69, 9.17) is 6.58 Å². The fraction of sp³-hybridized carbons (Fsp3) is 0.447. The van der Waals surface area contributed by atoms with Crippen LogP contribution in [-0.4, -0.2) is 0 Å². The predicted octanol–water partition coefficient (Wildman–Crippen LogP) is 12.1. The molecule has 0 bridgehead atoms. The summed E-state index contributed by atoms with van der Waals surface area (Å²) in [5.74, 6) is 0. The maximum absolute atomic E-state index is 5.21. The molecule has 0 unspecified atom stereocenters. The van der Waals surface area contributed by atoms with Crippen molar-refractivity contribution in [1.29, 1.82) is 0 Å². The first-order valence-corrected chi connectivity index (χ1v) is 18.5. The van der Waals surface area contributed by atoms with Gasteiger partial charge in [0, 0.05) is 0 Å². The summed E-state index contributed by atoms with van der Waals surface area (Å²) in [5.41, 5.74) is 16.0. The zero-order valence-electron chi connectivity index (χ0n) is 32.5. The summed E-state index contributed by atoms with van der Waals surface area (Å²) >= 11 is 0. The topological polar surface area (TPSA) is 0 Å². The van der Waals surface area contributed by atoms with Crippen molar-refractivity contribution < 1.29 is 51.4 Å². The van der Waals surface area contributed by atoms with Gasteiger partial charge in [0.15, 0.2) is 0 Å². The molecule has 0 spiro atoms. The first-order chi connectivity index (χ1) is 22.7. The molecular formula is C47H64K-. The number of hydrogen-bond donors (Lipinski definition) is 0. The van der Waals surface area contributed by atoms with Crippen LogP contribution in [0.15, 0.2) is 89.1 Å². The third-order valence-corrected chi connectivity index (χ3v) is 8.76. The molecule has 0 heterocycles. The zero-order valence-corrected chi connectivity index (χ0v) is 35.6. The van der Waals surface area contributed by atoms with Crippen molar-refractivity contribution in [3.63, 3.8) is 0 Å². The van der Waals surface area contributed by atoms with Gasteiger partial charge in [-0.2, -0.15) is 11.6 Å². The third kappa shape index (κ3) is 15.9. The molecule has 1 heteroatoms. The second-order valence-corrected chi connectivity index (χ2v) is 13.3. The molecular weight excluding hydrogens is 604 g/mol. The average molecular weight is 668 g/mol. The number of benzene rings is 2. The number of allylic oxidation sites excluding steroid dienone is 12. The van der Waals surface area contributed by atoms with Crippen LogP contribution in [0.3, 0.4) is 0 Å². The summed E-state index contributed by atoms with van der Waals surface area (Å²) in [4.78, 5) is 0. The SMILES string of the molecule is CC/C=C(\CCCCC)c1ccc(-c2cc(C(C)=[C-]C(/C=C\C=C(C)C)=C/CCC)cc3c2C=C(CC)CCC3)cc1.[CH-]=C(C)CC.[K+]. The van der Waals surface area contributed by atoms with Gasteiger partial charge in [0.1, 0.15) is 0 Å². The monoisotopic (exact) mass is 667 g/mol. The van der Waals surface area contributed by atoms with E-state index < -0.39 is 0 Å². The van der Waals surface area contributed by atoms with Gasteiger partial charge < -0.3 is 6.58 Å². The van der Waals surface area contributed by atoms with Crippen molar-refractivity contribution in [2.24, 2.45) is 0 Å². The van der Waals surface area contributed by atoms with Gasteiger partial charge in [0.05, 0.1) is 0 Å². The van der Waals surface area contributed by atoms with E-state index in [1.807, 2.05) is 13.8 Å². The first kappa shape index (κ1) is 44.3. The van der Waals surface area contributed by atoms with Crippen LogP contribution in [0, 0.1) is 12.7 Å². The van der Waals surface area contributed by atoms with E-state index in [0.29, 0.717) is 0 Å². The Kier molecular flexibility index (Phi) is 23.3. The molecule has 1 aliphatic carbocycles. The fourth-order valence-corrected chi connectivity index (χ4v) is 5.74. The Morgan fingerprint density at radius 3 is 2.15 bits per heavy atom. The smallest absolute Gasteiger partial charge is 0.515 e. The molecule has 0 aromatic heterocycles. The van der Waals surface area contributed by atoms with Gasteiger partial charge in [-0.15, -0.1) is 23.8 Å². The summed E-state index contributed by atoms with van der Waals surface area (Å²) in [6, 6.07) is 14.3. The number of unbranched alkanes of at least 4 members (excludes halogenated alkanes) is 3. The standard InChI is InChI=1S/C42H55.C5H9.K/c1-8-12-14-22-36(17-10-3)37-24-26-38(27-25-37)42-31-40(30-39-23-16-20-34(11-4)29-41(39)42)33(7)28-35(19-13-9-2)21-15-18-32(5)6;1-4-5(2)3;/h15,17-19,21,24-27,29-31H,8-14,16,20,22-23H2,1-7H3;2H,4H2,1,3H3;/q2*-1;+1/b21-15-,35-19+,36-17+;;. The van der Waals surface area contributed by atoms with E-state index in [1.165, 1.54) is 94.2 Å². The van der Waals surface area contributed by atoms with Gasteiger partial charge in [-0.25, -0.2) is 0 Å². The van der Waals surface area contributed by atoms with Crippen molar-refractivity contribution >= 4 is 17.2 Å². The van der Waals surface area contributed by atoms with Crippen molar-refractivity contribution in [3.8, 4) is 11.1 Å². The van der Waals surface area contributed by atoms with Crippen LogP contribution in [-0.2, 0) is 6.42 Å². The van der Waals surface area contributed by atoms with Gasteiger partial charge in [0.25, 0.3) is 0 Å². The molecule has 0 fully saturated rings. The summed E-state index contributed by atoms with van der Waals surface area (Å²) in [6.45, 7) is 24.7. The van der Waals surface area contributed by atoms with Gasteiger partial charge >= 0.3 is 51.4 Å². The molecule has 0 atom stereocenters. The number of rotatable bonds is 15. The van der Waals surface area contributed by atoms with E-state index in [0.717, 1.165) is 44.1 Å². The van der Waals surface area contributed by atoms with Crippen molar-refractivity contribution in [2.45, 2.75) is 139 Å². The Bertz CT molecular complexity index is 1450. The summed E-state index contributed by atoms with van der Waals surface area (Å²) in [7, 11) is 0. The quantitative estimate of drug-likeness (QED) is 0.0767. The molecule has 0 saturated heterocycles. The average Bonchev–Trinajstić information content (AvgIpc) is 3.28. The largest absolute Gasteiger partial charge is 1.00 e. The fourth-order valence-electron chi connectivity index (χ4n) is 5.74. The summed E-state index contributed by atoms with van der Waals surface area (Å²) in [5, 5.41) is 0. The second-order valence-electron chi connectivity index (χ2n) is 13.3. The maximum Gasteiger partial charge on any atom is 1.00 e.